The van der Waals surface area contributed by atoms with Gasteiger partial charge < -0.3 is 9.47 Å². The van der Waals surface area contributed by atoms with E-state index in [4.69, 9.17) is 9.47 Å². The standard InChI is InChI=1S/C20H38O4/c1-4-7-8-9-10-11-12-13-14-15-18(16-19(21)23-5-2)17-20(22)24-6-3/h18H,4-17H2,1-3H3. The summed E-state index contributed by atoms with van der Waals surface area (Å²) in [6.45, 7) is 6.63. The minimum absolute atomic E-state index is 0.0488. The Labute approximate surface area is 148 Å². The summed E-state index contributed by atoms with van der Waals surface area (Å²) >= 11 is 0. The summed E-state index contributed by atoms with van der Waals surface area (Å²) < 4.78 is 10.0. The lowest BCUT2D eigenvalue weighted by atomic mass is 9.94. The van der Waals surface area contributed by atoms with Gasteiger partial charge >= 0.3 is 11.9 Å². The second-order valence-corrected chi connectivity index (χ2v) is 6.50. The average Bonchev–Trinajstić information content (AvgIpc) is 2.53. The summed E-state index contributed by atoms with van der Waals surface area (Å²) in [4.78, 5) is 23.4. The van der Waals surface area contributed by atoms with E-state index in [2.05, 4.69) is 6.92 Å². The summed E-state index contributed by atoms with van der Waals surface area (Å²) in [5.74, 6) is -0.363. The average molecular weight is 343 g/mol. The van der Waals surface area contributed by atoms with Crippen molar-refractivity contribution in [3.05, 3.63) is 0 Å². The SMILES string of the molecule is CCCCCCCCCCCC(CC(=O)OCC)CC(=O)OCC. The van der Waals surface area contributed by atoms with Gasteiger partial charge in [0.1, 0.15) is 0 Å². The van der Waals surface area contributed by atoms with Crippen molar-refractivity contribution in [2.24, 2.45) is 5.92 Å². The molecule has 0 saturated heterocycles. The van der Waals surface area contributed by atoms with Gasteiger partial charge in [0.15, 0.2) is 0 Å². The number of hydrogen-bond donors (Lipinski definition) is 0. The number of rotatable bonds is 16. The first-order valence-corrected chi connectivity index (χ1v) is 9.95. The minimum atomic E-state index is -0.206. The fourth-order valence-electron chi connectivity index (χ4n) is 2.93. The number of esters is 2. The number of hydrogen-bond acceptors (Lipinski definition) is 4. The fraction of sp³-hybridized carbons (Fsp3) is 0.900. The van der Waals surface area contributed by atoms with Gasteiger partial charge in [-0.3, -0.25) is 9.59 Å². The molecule has 0 aliphatic rings. The third-order valence-electron chi connectivity index (χ3n) is 4.24. The molecule has 0 aliphatic carbocycles. The van der Waals surface area contributed by atoms with Crippen LogP contribution in [0.25, 0.3) is 0 Å². The predicted octanol–water partition coefficient (Wildman–Crippen LogP) is 5.43. The predicted molar refractivity (Wildman–Crippen MR) is 97.8 cm³/mol. The minimum Gasteiger partial charge on any atom is -0.466 e. The summed E-state index contributed by atoms with van der Waals surface area (Å²) in [5, 5.41) is 0. The van der Waals surface area contributed by atoms with Gasteiger partial charge in [0.05, 0.1) is 13.2 Å². The molecule has 0 amide bonds. The molecule has 0 spiro atoms. The summed E-state index contributed by atoms with van der Waals surface area (Å²) in [5.41, 5.74) is 0. The Hall–Kier alpha value is -1.06. The van der Waals surface area contributed by atoms with E-state index in [0.29, 0.717) is 26.1 Å². The molecule has 0 atom stereocenters. The zero-order valence-corrected chi connectivity index (χ0v) is 16.1. The Balaban J connectivity index is 3.90. The van der Waals surface area contributed by atoms with Crippen molar-refractivity contribution >= 4 is 11.9 Å². The van der Waals surface area contributed by atoms with Crippen LogP contribution >= 0.6 is 0 Å². The molecular weight excluding hydrogens is 304 g/mol. The fourth-order valence-corrected chi connectivity index (χ4v) is 2.93. The van der Waals surface area contributed by atoms with Crippen LogP contribution in [0.4, 0.5) is 0 Å². The van der Waals surface area contributed by atoms with Crippen LogP contribution in [-0.4, -0.2) is 25.2 Å². The van der Waals surface area contributed by atoms with Gasteiger partial charge in [0.25, 0.3) is 0 Å². The Morgan fingerprint density at radius 2 is 1.08 bits per heavy atom. The molecule has 24 heavy (non-hydrogen) atoms. The van der Waals surface area contributed by atoms with Gasteiger partial charge in [0, 0.05) is 12.8 Å². The van der Waals surface area contributed by atoms with Crippen LogP contribution < -0.4 is 0 Å². The molecule has 0 radical (unpaired) electrons. The molecule has 4 heteroatoms. The number of carbonyl (C=O) groups is 2. The van der Waals surface area contributed by atoms with Gasteiger partial charge in [-0.05, 0) is 26.2 Å². The Morgan fingerprint density at radius 3 is 1.50 bits per heavy atom. The first-order valence-electron chi connectivity index (χ1n) is 9.95. The topological polar surface area (TPSA) is 52.6 Å². The second-order valence-electron chi connectivity index (χ2n) is 6.50. The van der Waals surface area contributed by atoms with Gasteiger partial charge in [0.2, 0.25) is 0 Å². The molecule has 142 valence electrons. The molecule has 0 fully saturated rings. The van der Waals surface area contributed by atoms with Crippen molar-refractivity contribution in [3.8, 4) is 0 Å². The summed E-state index contributed by atoms with van der Waals surface area (Å²) in [6.07, 6.45) is 13.0. The lowest BCUT2D eigenvalue weighted by Gasteiger charge is -2.15. The van der Waals surface area contributed by atoms with E-state index < -0.39 is 0 Å². The van der Waals surface area contributed by atoms with E-state index in [1.54, 1.807) is 13.8 Å². The van der Waals surface area contributed by atoms with E-state index in [9.17, 15) is 9.59 Å². The van der Waals surface area contributed by atoms with E-state index in [0.717, 1.165) is 12.8 Å². The first kappa shape index (κ1) is 22.9. The summed E-state index contributed by atoms with van der Waals surface area (Å²) in [6, 6.07) is 0. The molecule has 0 aromatic heterocycles. The summed E-state index contributed by atoms with van der Waals surface area (Å²) in [7, 11) is 0. The lowest BCUT2D eigenvalue weighted by molar-refractivity contribution is -0.147. The molecule has 0 rings (SSSR count). The molecule has 0 aliphatic heterocycles. The van der Waals surface area contributed by atoms with Crippen LogP contribution in [0.2, 0.25) is 0 Å². The molecule has 0 aromatic carbocycles. The van der Waals surface area contributed by atoms with Crippen molar-refractivity contribution in [2.75, 3.05) is 13.2 Å². The van der Waals surface area contributed by atoms with E-state index >= 15 is 0 Å². The maximum atomic E-state index is 11.7. The Morgan fingerprint density at radius 1 is 0.667 bits per heavy atom. The molecule has 0 saturated carbocycles. The van der Waals surface area contributed by atoms with E-state index in [1.165, 1.54) is 51.4 Å². The van der Waals surface area contributed by atoms with Crippen molar-refractivity contribution in [2.45, 2.75) is 97.8 Å². The maximum absolute atomic E-state index is 11.7. The third-order valence-corrected chi connectivity index (χ3v) is 4.24. The van der Waals surface area contributed by atoms with Crippen molar-refractivity contribution in [1.29, 1.82) is 0 Å². The molecule has 0 bridgehead atoms. The van der Waals surface area contributed by atoms with Crippen molar-refractivity contribution in [1.82, 2.24) is 0 Å². The van der Waals surface area contributed by atoms with Gasteiger partial charge in [-0.15, -0.1) is 0 Å². The second kappa shape index (κ2) is 16.8. The molecule has 0 unspecified atom stereocenters. The van der Waals surface area contributed by atoms with Gasteiger partial charge in [-0.1, -0.05) is 64.7 Å². The lowest BCUT2D eigenvalue weighted by Crippen LogP contribution is -2.17. The molecule has 0 aromatic rings. The van der Waals surface area contributed by atoms with Crippen molar-refractivity contribution < 1.29 is 19.1 Å². The molecule has 4 nitrogen and oxygen atoms in total. The largest absolute Gasteiger partial charge is 0.466 e. The monoisotopic (exact) mass is 342 g/mol. The molecule has 0 N–H and O–H groups in total. The highest BCUT2D eigenvalue weighted by atomic mass is 16.5. The van der Waals surface area contributed by atoms with Gasteiger partial charge in [-0.25, -0.2) is 0 Å². The van der Waals surface area contributed by atoms with Crippen LogP contribution in [-0.2, 0) is 19.1 Å². The van der Waals surface area contributed by atoms with Crippen LogP contribution in [0.1, 0.15) is 97.8 Å². The van der Waals surface area contributed by atoms with Crippen LogP contribution in [0.15, 0.2) is 0 Å². The van der Waals surface area contributed by atoms with Crippen LogP contribution in [0, 0.1) is 5.92 Å². The highest BCUT2D eigenvalue weighted by Gasteiger charge is 2.18. The zero-order valence-electron chi connectivity index (χ0n) is 16.1. The van der Waals surface area contributed by atoms with Gasteiger partial charge in [-0.2, -0.15) is 0 Å². The molecule has 0 heterocycles. The quantitative estimate of drug-likeness (QED) is 0.277. The van der Waals surface area contributed by atoms with E-state index in [-0.39, 0.29) is 17.9 Å². The number of ether oxygens (including phenoxy) is 2. The Bertz CT molecular complexity index is 295. The highest BCUT2D eigenvalue weighted by Crippen LogP contribution is 2.20. The van der Waals surface area contributed by atoms with E-state index in [1.807, 2.05) is 0 Å². The number of carbonyl (C=O) groups excluding carboxylic acids is 2. The first-order chi connectivity index (χ1) is 11.6. The smallest absolute Gasteiger partial charge is 0.306 e. The van der Waals surface area contributed by atoms with Crippen LogP contribution in [0.5, 0.6) is 0 Å². The number of unbranched alkanes of at least 4 members (excludes halogenated alkanes) is 8. The van der Waals surface area contributed by atoms with Crippen LogP contribution in [0.3, 0.4) is 0 Å². The highest BCUT2D eigenvalue weighted by molar-refractivity contribution is 5.73. The van der Waals surface area contributed by atoms with Crippen molar-refractivity contribution in [3.63, 3.8) is 0 Å². The normalized spacial score (nSPS) is 10.8. The Kier molecular flexibility index (Phi) is 16.0. The zero-order chi connectivity index (χ0) is 18.0. The third kappa shape index (κ3) is 14.5. The maximum Gasteiger partial charge on any atom is 0.306 e. The molecular formula is C20H38O4.